The second-order valence-electron chi connectivity index (χ2n) is 4.65. The third-order valence-corrected chi connectivity index (χ3v) is 4.92. The molecule has 7 nitrogen and oxygen atoms in total. The molecular weight excluding hydrogens is 322 g/mol. The molecule has 0 aliphatic heterocycles. The largest absolute Gasteiger partial charge is 0.493 e. The Balaban J connectivity index is 2.33. The van der Waals surface area contributed by atoms with Crippen LogP contribution >= 0.6 is 0 Å². The van der Waals surface area contributed by atoms with Crippen molar-refractivity contribution in [2.45, 2.75) is 4.90 Å². The fourth-order valence-electron chi connectivity index (χ4n) is 2.22. The van der Waals surface area contributed by atoms with Gasteiger partial charge >= 0.3 is 5.63 Å². The average Bonchev–Trinajstić information content (AvgIpc) is 2.91. The van der Waals surface area contributed by atoms with Crippen LogP contribution in [0.5, 0.6) is 11.5 Å². The van der Waals surface area contributed by atoms with E-state index in [9.17, 15) is 13.2 Å². The van der Waals surface area contributed by atoms with E-state index < -0.39 is 15.6 Å². The molecular formula is C15H13NO6S. The van der Waals surface area contributed by atoms with Gasteiger partial charge in [0.25, 0.3) is 10.0 Å². The molecule has 0 N–H and O–H groups in total. The van der Waals surface area contributed by atoms with Crippen LogP contribution in [0.15, 0.2) is 56.7 Å². The molecule has 8 heteroatoms. The quantitative estimate of drug-likeness (QED) is 0.723. The maximum Gasteiger partial charge on any atom is 0.367 e. The van der Waals surface area contributed by atoms with Gasteiger partial charge in [-0.3, -0.25) is 0 Å². The van der Waals surface area contributed by atoms with Gasteiger partial charge in [-0.1, -0.05) is 22.3 Å². The van der Waals surface area contributed by atoms with Gasteiger partial charge in [-0.15, -0.1) is 0 Å². The molecule has 0 unspecified atom stereocenters. The Morgan fingerprint density at radius 3 is 2.22 bits per heavy atom. The van der Waals surface area contributed by atoms with Gasteiger partial charge in [0.05, 0.1) is 24.5 Å². The van der Waals surface area contributed by atoms with Crippen LogP contribution < -0.4 is 15.1 Å². The van der Waals surface area contributed by atoms with Crippen molar-refractivity contribution >= 4 is 20.9 Å². The van der Waals surface area contributed by atoms with Gasteiger partial charge in [0.15, 0.2) is 11.5 Å². The predicted octanol–water partition coefficient (Wildman–Crippen LogP) is 1.85. The monoisotopic (exact) mass is 335 g/mol. The van der Waals surface area contributed by atoms with Crippen LogP contribution in [0.2, 0.25) is 0 Å². The van der Waals surface area contributed by atoms with Crippen molar-refractivity contribution in [2.24, 2.45) is 0 Å². The van der Waals surface area contributed by atoms with Crippen LogP contribution in [0.4, 0.5) is 0 Å². The zero-order valence-corrected chi connectivity index (χ0v) is 13.2. The molecule has 1 heterocycles. The lowest BCUT2D eigenvalue weighted by Crippen LogP contribution is -2.12. The van der Waals surface area contributed by atoms with E-state index in [0.717, 1.165) is 0 Å². The normalized spacial score (nSPS) is 11.6. The summed E-state index contributed by atoms with van der Waals surface area (Å²) < 4.78 is 41.2. The maximum atomic E-state index is 12.7. The molecule has 0 spiro atoms. The Kier molecular flexibility index (Phi) is 3.61. The van der Waals surface area contributed by atoms with Gasteiger partial charge in [0.1, 0.15) is 5.52 Å². The first-order valence-corrected chi connectivity index (χ1v) is 8.01. The van der Waals surface area contributed by atoms with E-state index in [0.29, 0.717) is 9.89 Å². The Hall–Kier alpha value is -2.74. The molecule has 0 amide bonds. The molecule has 1 aromatic heterocycles. The number of benzene rings is 2. The van der Waals surface area contributed by atoms with Gasteiger partial charge in [-0.25, -0.2) is 4.79 Å². The number of hydrogen-bond donors (Lipinski definition) is 0. The zero-order chi connectivity index (χ0) is 16.6. The van der Waals surface area contributed by atoms with Crippen LogP contribution in [-0.4, -0.2) is 26.8 Å². The van der Waals surface area contributed by atoms with Crippen molar-refractivity contribution in [3.05, 3.63) is 52.9 Å². The van der Waals surface area contributed by atoms with Gasteiger partial charge < -0.3 is 14.0 Å². The first kappa shape index (κ1) is 15.2. The molecule has 23 heavy (non-hydrogen) atoms. The highest BCUT2D eigenvalue weighted by Gasteiger charge is 2.24. The number of nitrogens with zero attached hydrogens (tertiary/aromatic N) is 1. The molecule has 3 rings (SSSR count). The lowest BCUT2D eigenvalue weighted by atomic mass is 10.2. The standard InChI is InChI=1S/C15H13NO6S/c1-20-13-8-11-12(9-14(13)21-2)16(22-15(11)17)23(18,19)10-6-4-3-5-7-10/h3-9H,1-2H3. The predicted molar refractivity (Wildman–Crippen MR) is 82.6 cm³/mol. The molecule has 3 aromatic rings. The highest BCUT2D eigenvalue weighted by atomic mass is 32.2. The second-order valence-corrected chi connectivity index (χ2v) is 6.40. The van der Waals surface area contributed by atoms with Crippen molar-refractivity contribution in [3.63, 3.8) is 0 Å². The number of rotatable bonds is 4. The van der Waals surface area contributed by atoms with Gasteiger partial charge in [0, 0.05) is 12.1 Å². The molecule has 2 aromatic carbocycles. The summed E-state index contributed by atoms with van der Waals surface area (Å²) in [4.78, 5) is 12.0. The summed E-state index contributed by atoms with van der Waals surface area (Å²) in [5.74, 6) is 0.597. The molecule has 0 atom stereocenters. The molecule has 0 fully saturated rings. The van der Waals surface area contributed by atoms with Crippen molar-refractivity contribution < 1.29 is 22.4 Å². The molecule has 0 radical (unpaired) electrons. The zero-order valence-electron chi connectivity index (χ0n) is 12.3. The number of fused-ring (bicyclic) bond motifs is 1. The minimum atomic E-state index is -4.04. The van der Waals surface area contributed by atoms with Crippen LogP contribution in [0, 0.1) is 0 Å². The van der Waals surface area contributed by atoms with E-state index in [2.05, 4.69) is 0 Å². The molecule has 0 aliphatic rings. The lowest BCUT2D eigenvalue weighted by Gasteiger charge is -2.08. The minimum absolute atomic E-state index is 0.00966. The van der Waals surface area contributed by atoms with Crippen molar-refractivity contribution in [2.75, 3.05) is 14.2 Å². The van der Waals surface area contributed by atoms with Gasteiger partial charge in [0.2, 0.25) is 0 Å². The van der Waals surface area contributed by atoms with Gasteiger partial charge in [-0.2, -0.15) is 8.42 Å². The molecule has 0 bridgehead atoms. The number of ether oxygens (including phenoxy) is 2. The second kappa shape index (κ2) is 5.47. The Morgan fingerprint density at radius 1 is 1.00 bits per heavy atom. The summed E-state index contributed by atoms with van der Waals surface area (Å²) in [6.45, 7) is 0. The van der Waals surface area contributed by atoms with Crippen LogP contribution in [0.25, 0.3) is 10.9 Å². The van der Waals surface area contributed by atoms with E-state index in [1.165, 1.54) is 38.5 Å². The molecule has 0 aliphatic carbocycles. The fourth-order valence-corrected chi connectivity index (χ4v) is 3.49. The topological polar surface area (TPSA) is 87.7 Å². The van der Waals surface area contributed by atoms with Crippen LogP contribution in [0.1, 0.15) is 0 Å². The van der Waals surface area contributed by atoms with Crippen molar-refractivity contribution in [3.8, 4) is 11.5 Å². The Labute approximate surface area is 131 Å². The van der Waals surface area contributed by atoms with E-state index in [4.69, 9.17) is 14.0 Å². The van der Waals surface area contributed by atoms with E-state index in [1.807, 2.05) is 0 Å². The molecule has 0 saturated carbocycles. The van der Waals surface area contributed by atoms with Crippen molar-refractivity contribution in [1.82, 2.24) is 4.15 Å². The van der Waals surface area contributed by atoms with Crippen LogP contribution in [-0.2, 0) is 10.0 Å². The summed E-state index contributed by atoms with van der Waals surface area (Å²) in [7, 11) is -1.20. The summed E-state index contributed by atoms with van der Waals surface area (Å²) in [6.07, 6.45) is 0. The van der Waals surface area contributed by atoms with E-state index in [-0.39, 0.29) is 21.5 Å². The lowest BCUT2D eigenvalue weighted by molar-refractivity contribution is 0.350. The molecule has 0 saturated heterocycles. The number of aromatic nitrogens is 1. The fraction of sp³-hybridized carbons (Fsp3) is 0.133. The van der Waals surface area contributed by atoms with Gasteiger partial charge in [-0.05, 0) is 12.1 Å². The minimum Gasteiger partial charge on any atom is -0.493 e. The SMILES string of the molecule is COc1cc2c(=O)on(S(=O)(=O)c3ccccc3)c2cc1OC. The number of hydrogen-bond acceptors (Lipinski definition) is 6. The third kappa shape index (κ3) is 2.36. The summed E-state index contributed by atoms with van der Waals surface area (Å²) in [5.41, 5.74) is -0.697. The molecule has 120 valence electrons. The third-order valence-electron chi connectivity index (χ3n) is 3.34. The first-order valence-electron chi connectivity index (χ1n) is 6.57. The first-order chi connectivity index (χ1) is 11.0. The van der Waals surface area contributed by atoms with Crippen molar-refractivity contribution in [1.29, 1.82) is 0 Å². The summed E-state index contributed by atoms with van der Waals surface area (Å²) >= 11 is 0. The summed E-state index contributed by atoms with van der Waals surface area (Å²) in [5, 5.41) is 0.0853. The smallest absolute Gasteiger partial charge is 0.367 e. The Morgan fingerprint density at radius 2 is 1.61 bits per heavy atom. The highest BCUT2D eigenvalue weighted by Crippen LogP contribution is 2.32. The van der Waals surface area contributed by atoms with E-state index >= 15 is 0 Å². The van der Waals surface area contributed by atoms with E-state index in [1.54, 1.807) is 18.2 Å². The maximum absolute atomic E-state index is 12.7. The average molecular weight is 335 g/mol. The Bertz CT molecular complexity index is 1020. The highest BCUT2D eigenvalue weighted by molar-refractivity contribution is 7.90. The number of methoxy groups -OCH3 is 2. The van der Waals surface area contributed by atoms with Crippen LogP contribution in [0.3, 0.4) is 0 Å². The summed E-state index contributed by atoms with van der Waals surface area (Å²) in [6, 6.07) is 10.5.